The van der Waals surface area contributed by atoms with Crippen molar-refractivity contribution in [2.75, 3.05) is 17.6 Å². The molecule has 0 atom stereocenters. The maximum absolute atomic E-state index is 14.9. The molecule has 2 aromatic heterocycles. The van der Waals surface area contributed by atoms with E-state index in [1.54, 1.807) is 6.92 Å². The number of aromatic nitrogens is 2. The van der Waals surface area contributed by atoms with Gasteiger partial charge in [-0.05, 0) is 25.1 Å². The van der Waals surface area contributed by atoms with Crippen LogP contribution in [0.5, 0.6) is 0 Å². The van der Waals surface area contributed by atoms with E-state index in [0.29, 0.717) is 6.54 Å². The number of nitrogens with two attached hydrogens (primary N) is 1. The van der Waals surface area contributed by atoms with Crippen LogP contribution in [-0.4, -0.2) is 28.3 Å². The fourth-order valence-electron chi connectivity index (χ4n) is 2.92. The van der Waals surface area contributed by atoms with Gasteiger partial charge in [0, 0.05) is 23.9 Å². The molecule has 0 unspecified atom stereocenters. The third kappa shape index (κ3) is 4.64. The van der Waals surface area contributed by atoms with Crippen molar-refractivity contribution < 1.29 is 14.0 Å². The molecule has 32 heavy (non-hydrogen) atoms. The largest absolute Gasteiger partial charge is 0.397 e. The third-order valence-corrected chi connectivity index (χ3v) is 4.95. The molecule has 0 saturated carbocycles. The van der Waals surface area contributed by atoms with Crippen LogP contribution in [0.15, 0.2) is 36.8 Å². The summed E-state index contributed by atoms with van der Waals surface area (Å²) >= 11 is 12.3. The molecule has 1 aromatic carbocycles. The quantitative estimate of drug-likeness (QED) is 0.484. The predicted molar refractivity (Wildman–Crippen MR) is 122 cm³/mol. The monoisotopic (exact) mass is 471 g/mol. The van der Waals surface area contributed by atoms with Crippen molar-refractivity contribution >= 4 is 46.4 Å². The van der Waals surface area contributed by atoms with Crippen LogP contribution in [0.1, 0.15) is 33.3 Å². The van der Waals surface area contributed by atoms with E-state index in [-0.39, 0.29) is 49.4 Å². The second-order valence-electron chi connectivity index (χ2n) is 6.48. The van der Waals surface area contributed by atoms with Gasteiger partial charge >= 0.3 is 0 Å². The number of pyridine rings is 2. The zero-order valence-corrected chi connectivity index (χ0v) is 18.2. The highest BCUT2D eigenvalue weighted by molar-refractivity contribution is 6.35. The van der Waals surface area contributed by atoms with Gasteiger partial charge in [0.05, 0.1) is 44.9 Å². The number of rotatable bonds is 5. The van der Waals surface area contributed by atoms with E-state index < -0.39 is 17.6 Å². The van der Waals surface area contributed by atoms with Crippen molar-refractivity contribution in [1.82, 2.24) is 15.3 Å². The molecule has 0 aliphatic rings. The fraction of sp³-hybridized carbons (Fsp3) is 0.0909. The number of halogens is 3. The number of anilines is 2. The Kier molecular flexibility index (Phi) is 6.93. The zero-order valence-electron chi connectivity index (χ0n) is 16.7. The highest BCUT2D eigenvalue weighted by Gasteiger charge is 2.20. The highest BCUT2D eigenvalue weighted by atomic mass is 35.5. The summed E-state index contributed by atoms with van der Waals surface area (Å²) in [5.74, 6) is 0.494. The summed E-state index contributed by atoms with van der Waals surface area (Å²) < 4.78 is 14.9. The van der Waals surface area contributed by atoms with Gasteiger partial charge in [-0.3, -0.25) is 14.6 Å². The number of amides is 2. The lowest BCUT2D eigenvalue weighted by Crippen LogP contribution is -2.24. The Morgan fingerprint density at radius 3 is 2.56 bits per heavy atom. The van der Waals surface area contributed by atoms with Gasteiger partial charge < -0.3 is 16.4 Å². The van der Waals surface area contributed by atoms with Gasteiger partial charge in [-0.15, -0.1) is 6.42 Å². The molecule has 0 fully saturated rings. The SMILES string of the molecule is C#Cc1cncc(N)c1-c1cc(Cl)c(C(=O)Nc2cnc(C(=O)NCC)c(Cl)c2)cc1F. The molecule has 0 radical (unpaired) electrons. The van der Waals surface area contributed by atoms with Crippen molar-refractivity contribution in [3.05, 3.63) is 69.5 Å². The zero-order chi connectivity index (χ0) is 23.4. The molecule has 7 nitrogen and oxygen atoms in total. The van der Waals surface area contributed by atoms with Crippen LogP contribution < -0.4 is 16.4 Å². The highest BCUT2D eigenvalue weighted by Crippen LogP contribution is 2.34. The topological polar surface area (TPSA) is 110 Å². The Hall–Kier alpha value is -3.67. The van der Waals surface area contributed by atoms with E-state index >= 15 is 0 Å². The molecular weight excluding hydrogens is 456 g/mol. The first-order valence-electron chi connectivity index (χ1n) is 9.21. The first-order valence-corrected chi connectivity index (χ1v) is 9.97. The Morgan fingerprint density at radius 1 is 1.16 bits per heavy atom. The Morgan fingerprint density at radius 2 is 1.91 bits per heavy atom. The molecule has 3 rings (SSSR count). The third-order valence-electron chi connectivity index (χ3n) is 4.35. The summed E-state index contributed by atoms with van der Waals surface area (Å²) in [5, 5.41) is 5.11. The van der Waals surface area contributed by atoms with E-state index in [0.717, 1.165) is 6.07 Å². The summed E-state index contributed by atoms with van der Waals surface area (Å²) in [6.07, 6.45) is 9.43. The van der Waals surface area contributed by atoms with Crippen LogP contribution in [0.4, 0.5) is 15.8 Å². The predicted octanol–water partition coefficient (Wildman–Crippen LogP) is 4.16. The van der Waals surface area contributed by atoms with Gasteiger partial charge in [-0.25, -0.2) is 9.37 Å². The minimum Gasteiger partial charge on any atom is -0.397 e. The minimum atomic E-state index is -0.753. The second-order valence-corrected chi connectivity index (χ2v) is 7.29. The van der Waals surface area contributed by atoms with Crippen LogP contribution >= 0.6 is 23.2 Å². The van der Waals surface area contributed by atoms with E-state index in [1.807, 2.05) is 0 Å². The minimum absolute atomic E-state index is 0.0132. The number of nitrogens with zero attached hydrogens (tertiary/aromatic N) is 2. The average Bonchev–Trinajstić information content (AvgIpc) is 2.75. The van der Waals surface area contributed by atoms with Gasteiger partial charge in [-0.1, -0.05) is 29.1 Å². The molecule has 4 N–H and O–H groups in total. The fourth-order valence-corrected chi connectivity index (χ4v) is 3.42. The molecule has 10 heteroatoms. The van der Waals surface area contributed by atoms with Crippen LogP contribution in [0, 0.1) is 18.2 Å². The summed E-state index contributed by atoms with van der Waals surface area (Å²) in [6, 6.07) is 3.60. The van der Waals surface area contributed by atoms with Crippen molar-refractivity contribution in [2.24, 2.45) is 0 Å². The normalized spacial score (nSPS) is 10.3. The number of nitrogen functional groups attached to an aromatic ring is 1. The Bertz CT molecular complexity index is 1270. The molecule has 2 amide bonds. The van der Waals surface area contributed by atoms with E-state index in [9.17, 15) is 14.0 Å². The average molecular weight is 472 g/mol. The van der Waals surface area contributed by atoms with E-state index in [4.69, 9.17) is 35.4 Å². The number of hydrogen-bond donors (Lipinski definition) is 3. The molecular formula is C22H16Cl2FN5O2. The molecule has 2 heterocycles. The molecule has 0 spiro atoms. The van der Waals surface area contributed by atoms with Gasteiger partial charge in [0.1, 0.15) is 11.5 Å². The van der Waals surface area contributed by atoms with Gasteiger partial charge in [-0.2, -0.15) is 0 Å². The summed E-state index contributed by atoms with van der Waals surface area (Å²) in [5.41, 5.74) is 6.74. The van der Waals surface area contributed by atoms with Crippen LogP contribution in [0.3, 0.4) is 0 Å². The van der Waals surface area contributed by atoms with E-state index in [1.165, 1.54) is 30.7 Å². The molecule has 0 aliphatic heterocycles. The van der Waals surface area contributed by atoms with Crippen LogP contribution in [0.2, 0.25) is 10.0 Å². The van der Waals surface area contributed by atoms with Crippen molar-refractivity contribution in [1.29, 1.82) is 0 Å². The number of benzene rings is 1. The molecule has 0 saturated heterocycles. The number of nitrogens with one attached hydrogen (secondary N) is 2. The Balaban J connectivity index is 1.91. The molecule has 0 bridgehead atoms. The summed E-state index contributed by atoms with van der Waals surface area (Å²) in [4.78, 5) is 32.4. The number of hydrogen-bond acceptors (Lipinski definition) is 5. The lowest BCUT2D eigenvalue weighted by atomic mass is 9.98. The standard InChI is InChI=1S/C22H16Cl2FN5O2/c1-3-11-8-27-10-18(26)19(11)14-6-15(23)13(7-17(14)25)21(31)30-12-5-16(24)20(29-9-12)22(32)28-4-2/h1,5-10H,4,26H2,2H3,(H,28,32)(H,30,31). The van der Waals surface area contributed by atoms with Gasteiger partial charge in [0.15, 0.2) is 0 Å². The summed E-state index contributed by atoms with van der Waals surface area (Å²) in [7, 11) is 0. The van der Waals surface area contributed by atoms with Gasteiger partial charge in [0.25, 0.3) is 11.8 Å². The van der Waals surface area contributed by atoms with Crippen molar-refractivity contribution in [2.45, 2.75) is 6.92 Å². The lowest BCUT2D eigenvalue weighted by Gasteiger charge is -2.13. The lowest BCUT2D eigenvalue weighted by molar-refractivity contribution is 0.0950. The maximum atomic E-state index is 14.9. The maximum Gasteiger partial charge on any atom is 0.271 e. The van der Waals surface area contributed by atoms with Crippen molar-refractivity contribution in [3.8, 4) is 23.5 Å². The van der Waals surface area contributed by atoms with Crippen molar-refractivity contribution in [3.63, 3.8) is 0 Å². The first kappa shape index (κ1) is 23.0. The van der Waals surface area contributed by atoms with Crippen LogP contribution in [-0.2, 0) is 0 Å². The second kappa shape index (κ2) is 9.64. The van der Waals surface area contributed by atoms with Gasteiger partial charge in [0.2, 0.25) is 0 Å². The van der Waals surface area contributed by atoms with E-state index in [2.05, 4.69) is 26.5 Å². The Labute approximate surface area is 193 Å². The molecule has 162 valence electrons. The summed E-state index contributed by atoms with van der Waals surface area (Å²) in [6.45, 7) is 2.16. The number of carbonyl (C=O) groups is 2. The number of carbonyl (C=O) groups excluding carboxylic acids is 2. The molecule has 3 aromatic rings. The molecule has 0 aliphatic carbocycles. The smallest absolute Gasteiger partial charge is 0.271 e. The first-order chi connectivity index (χ1) is 15.3. The van der Waals surface area contributed by atoms with Crippen LogP contribution in [0.25, 0.3) is 11.1 Å². The number of terminal acetylenes is 1.